The van der Waals surface area contributed by atoms with E-state index in [1.165, 1.54) is 27.2 Å². The molecule has 0 unspecified atom stereocenters. The van der Waals surface area contributed by atoms with E-state index < -0.39 is 41.0 Å². The van der Waals surface area contributed by atoms with Gasteiger partial charge in [-0.25, -0.2) is 0 Å². The number of hydrogen-bond acceptors (Lipinski definition) is 3. The van der Waals surface area contributed by atoms with Gasteiger partial charge in [-0.2, -0.15) is 26.3 Å². The van der Waals surface area contributed by atoms with Gasteiger partial charge in [-0.15, -0.1) is 11.3 Å². The zero-order chi connectivity index (χ0) is 27.5. The van der Waals surface area contributed by atoms with E-state index in [1.807, 2.05) is 17.5 Å². The first-order valence-electron chi connectivity index (χ1n) is 11.6. The van der Waals surface area contributed by atoms with E-state index in [9.17, 15) is 35.9 Å². The minimum absolute atomic E-state index is 0.00519. The molecule has 200 valence electrons. The fraction of sp³-hybridized carbons (Fsp3) is 0.259. The lowest BCUT2D eigenvalue weighted by molar-refractivity contribution is -0.143. The Balaban J connectivity index is 1.63. The van der Waals surface area contributed by atoms with Crippen molar-refractivity contribution in [2.24, 2.45) is 0 Å². The highest BCUT2D eigenvalue weighted by Gasteiger charge is 2.39. The van der Waals surface area contributed by atoms with Crippen LogP contribution in [0.15, 0.2) is 72.1 Å². The summed E-state index contributed by atoms with van der Waals surface area (Å²) in [4.78, 5) is 29.9. The third-order valence-electron chi connectivity index (χ3n) is 6.14. The molecule has 11 heteroatoms. The standard InChI is InChI=1S/C27H22F6N2O2S/c28-26(29,30)20-14-19(15-21(16-20)27(31,32)33)25(37)35-11-10-34(24(36)9-8-23-7-4-12-38-23)17-22(35)13-18-5-2-1-3-6-18/h1-9,12,14-16,22H,10-11,13,17H2/t22-/m1/s1. The molecule has 0 bridgehead atoms. The van der Waals surface area contributed by atoms with Crippen molar-refractivity contribution in [2.45, 2.75) is 24.8 Å². The van der Waals surface area contributed by atoms with E-state index in [0.29, 0.717) is 12.1 Å². The number of rotatable bonds is 5. The smallest absolute Gasteiger partial charge is 0.335 e. The summed E-state index contributed by atoms with van der Waals surface area (Å²) >= 11 is 1.45. The molecule has 1 aromatic heterocycles. The molecule has 2 heterocycles. The van der Waals surface area contributed by atoms with Crippen LogP contribution in [0.2, 0.25) is 0 Å². The lowest BCUT2D eigenvalue weighted by atomic mass is 9.99. The van der Waals surface area contributed by atoms with Gasteiger partial charge in [-0.1, -0.05) is 36.4 Å². The summed E-state index contributed by atoms with van der Waals surface area (Å²) in [7, 11) is 0. The van der Waals surface area contributed by atoms with Crippen LogP contribution in [-0.4, -0.2) is 47.3 Å². The van der Waals surface area contributed by atoms with Crippen LogP contribution < -0.4 is 0 Å². The molecule has 38 heavy (non-hydrogen) atoms. The highest BCUT2D eigenvalue weighted by Crippen LogP contribution is 2.37. The van der Waals surface area contributed by atoms with Crippen molar-refractivity contribution in [3.05, 3.63) is 99.3 Å². The molecule has 3 aromatic rings. The Morgan fingerprint density at radius 1 is 0.895 bits per heavy atom. The van der Waals surface area contributed by atoms with Gasteiger partial charge in [0.05, 0.1) is 17.2 Å². The molecule has 0 N–H and O–H groups in total. The average molecular weight is 553 g/mol. The van der Waals surface area contributed by atoms with Crippen molar-refractivity contribution < 1.29 is 35.9 Å². The fourth-order valence-electron chi connectivity index (χ4n) is 4.27. The fourth-order valence-corrected chi connectivity index (χ4v) is 4.89. The number of benzene rings is 2. The summed E-state index contributed by atoms with van der Waals surface area (Å²) in [5.74, 6) is -1.26. The number of alkyl halides is 6. The molecule has 4 rings (SSSR count). The van der Waals surface area contributed by atoms with Crippen molar-refractivity contribution in [1.29, 1.82) is 0 Å². The largest absolute Gasteiger partial charge is 0.416 e. The van der Waals surface area contributed by atoms with Gasteiger partial charge in [0.25, 0.3) is 5.91 Å². The molecule has 0 aliphatic carbocycles. The lowest BCUT2D eigenvalue weighted by Crippen LogP contribution is -2.57. The van der Waals surface area contributed by atoms with E-state index in [2.05, 4.69) is 0 Å². The third-order valence-corrected chi connectivity index (χ3v) is 6.97. The van der Waals surface area contributed by atoms with Crippen LogP contribution >= 0.6 is 11.3 Å². The number of carbonyl (C=O) groups is 2. The van der Waals surface area contributed by atoms with Gasteiger partial charge < -0.3 is 9.80 Å². The molecule has 2 aromatic carbocycles. The van der Waals surface area contributed by atoms with Crippen LogP contribution in [0.25, 0.3) is 6.08 Å². The van der Waals surface area contributed by atoms with Gasteiger partial charge in [0.1, 0.15) is 0 Å². The Labute approximate surface area is 218 Å². The SMILES string of the molecule is O=C(C=Cc1cccs1)N1CCN(C(=O)c2cc(C(F)(F)F)cc(C(F)(F)F)c2)[C@H](Cc2ccccc2)C1. The number of hydrogen-bond donors (Lipinski definition) is 0. The molecule has 2 amide bonds. The van der Waals surface area contributed by atoms with Crippen molar-refractivity contribution in [1.82, 2.24) is 9.80 Å². The van der Waals surface area contributed by atoms with Crippen LogP contribution in [-0.2, 0) is 23.6 Å². The van der Waals surface area contributed by atoms with Crippen molar-refractivity contribution in [3.8, 4) is 0 Å². The monoisotopic (exact) mass is 552 g/mol. The molecular formula is C27H22F6N2O2S. The number of amides is 2. The predicted molar refractivity (Wildman–Crippen MR) is 131 cm³/mol. The summed E-state index contributed by atoms with van der Waals surface area (Å²) in [5, 5.41) is 1.86. The second-order valence-corrected chi connectivity index (χ2v) is 9.75. The lowest BCUT2D eigenvalue weighted by Gasteiger charge is -2.41. The summed E-state index contributed by atoms with van der Waals surface area (Å²) in [6, 6.07) is 12.8. The first-order chi connectivity index (χ1) is 17.9. The van der Waals surface area contributed by atoms with E-state index in [-0.39, 0.29) is 38.0 Å². The normalized spacial score (nSPS) is 16.7. The maximum Gasteiger partial charge on any atom is 0.416 e. The minimum Gasteiger partial charge on any atom is -0.335 e. The van der Waals surface area contributed by atoms with E-state index >= 15 is 0 Å². The third kappa shape index (κ3) is 6.63. The molecule has 0 spiro atoms. The molecule has 4 nitrogen and oxygen atoms in total. The summed E-state index contributed by atoms with van der Waals surface area (Å²) in [6.07, 6.45) is -6.81. The van der Waals surface area contributed by atoms with Crippen molar-refractivity contribution >= 4 is 29.2 Å². The maximum absolute atomic E-state index is 13.4. The molecule has 1 saturated heterocycles. The van der Waals surface area contributed by atoms with Gasteiger partial charge in [0.2, 0.25) is 5.91 Å². The summed E-state index contributed by atoms with van der Waals surface area (Å²) in [6.45, 7) is 0.0988. The van der Waals surface area contributed by atoms with Crippen LogP contribution in [0, 0.1) is 0 Å². The molecule has 0 radical (unpaired) electrons. The summed E-state index contributed by atoms with van der Waals surface area (Å²) < 4.78 is 80.3. The van der Waals surface area contributed by atoms with E-state index in [4.69, 9.17) is 0 Å². The first-order valence-corrected chi connectivity index (χ1v) is 12.4. The highest BCUT2D eigenvalue weighted by molar-refractivity contribution is 7.10. The zero-order valence-corrected chi connectivity index (χ0v) is 20.6. The topological polar surface area (TPSA) is 40.6 Å². The Morgan fingerprint density at radius 3 is 2.13 bits per heavy atom. The molecule has 1 fully saturated rings. The summed E-state index contributed by atoms with van der Waals surface area (Å²) in [5.41, 5.74) is -3.01. The van der Waals surface area contributed by atoms with E-state index in [0.717, 1.165) is 10.4 Å². The molecular weight excluding hydrogens is 530 g/mol. The minimum atomic E-state index is -5.07. The van der Waals surface area contributed by atoms with Crippen LogP contribution in [0.3, 0.4) is 0 Å². The number of nitrogens with zero attached hydrogens (tertiary/aromatic N) is 2. The van der Waals surface area contributed by atoms with Crippen molar-refractivity contribution in [3.63, 3.8) is 0 Å². The number of halogens is 6. The highest BCUT2D eigenvalue weighted by atomic mass is 32.1. The number of thiophene rings is 1. The number of piperazine rings is 1. The Morgan fingerprint density at radius 2 is 1.55 bits per heavy atom. The first kappa shape index (κ1) is 27.4. The molecule has 1 aliphatic rings. The van der Waals surface area contributed by atoms with Gasteiger partial charge in [-0.05, 0) is 47.7 Å². The molecule has 0 saturated carbocycles. The Bertz CT molecular complexity index is 1270. The Hall–Kier alpha value is -3.60. The maximum atomic E-state index is 13.4. The van der Waals surface area contributed by atoms with Crippen molar-refractivity contribution in [2.75, 3.05) is 19.6 Å². The second kappa shape index (κ2) is 11.0. The van der Waals surface area contributed by atoms with E-state index in [1.54, 1.807) is 36.4 Å². The second-order valence-electron chi connectivity index (χ2n) is 8.77. The predicted octanol–water partition coefficient (Wildman–Crippen LogP) is 6.39. The quantitative estimate of drug-likeness (QED) is 0.272. The molecule has 1 atom stereocenters. The van der Waals surface area contributed by atoms with Gasteiger partial charge in [0, 0.05) is 36.2 Å². The van der Waals surface area contributed by atoms with Gasteiger partial charge in [0.15, 0.2) is 0 Å². The zero-order valence-electron chi connectivity index (χ0n) is 19.8. The number of carbonyl (C=O) groups excluding carboxylic acids is 2. The van der Waals surface area contributed by atoms with Gasteiger partial charge in [-0.3, -0.25) is 9.59 Å². The molecule has 1 aliphatic heterocycles. The van der Waals surface area contributed by atoms with Crippen LogP contribution in [0.4, 0.5) is 26.3 Å². The van der Waals surface area contributed by atoms with Crippen LogP contribution in [0.5, 0.6) is 0 Å². The van der Waals surface area contributed by atoms with Crippen LogP contribution in [0.1, 0.15) is 31.9 Å². The Kier molecular flexibility index (Phi) is 7.96. The van der Waals surface area contributed by atoms with Gasteiger partial charge >= 0.3 is 12.4 Å². The average Bonchev–Trinajstić information content (AvgIpc) is 3.40.